The fourth-order valence-corrected chi connectivity index (χ4v) is 3.63. The van der Waals surface area contributed by atoms with Gasteiger partial charge in [-0.3, -0.25) is 9.10 Å². The van der Waals surface area contributed by atoms with Gasteiger partial charge in [-0.15, -0.1) is 0 Å². The lowest BCUT2D eigenvalue weighted by Gasteiger charge is -2.23. The number of benzene rings is 2. The zero-order chi connectivity index (χ0) is 19.3. The van der Waals surface area contributed by atoms with Gasteiger partial charge in [0, 0.05) is 11.0 Å². The summed E-state index contributed by atoms with van der Waals surface area (Å²) < 4.78 is 26.3. The maximum Gasteiger partial charge on any atom is 0.240 e. The Bertz CT molecular complexity index is 870. The second-order valence-corrected chi connectivity index (χ2v) is 9.08. The van der Waals surface area contributed by atoms with Gasteiger partial charge in [0.25, 0.3) is 0 Å². The average Bonchev–Trinajstić information content (AvgIpc) is 2.60. The third-order valence-corrected chi connectivity index (χ3v) is 6.12. The van der Waals surface area contributed by atoms with Crippen LogP contribution in [0.3, 0.4) is 0 Å². The molecule has 26 heavy (non-hydrogen) atoms. The molecule has 1 unspecified atom stereocenters. The van der Waals surface area contributed by atoms with E-state index in [4.69, 9.17) is 0 Å². The molecule has 0 aromatic heterocycles. The highest BCUT2D eigenvalue weighted by atomic mass is 79.9. The van der Waals surface area contributed by atoms with Crippen LogP contribution in [0.15, 0.2) is 53.0 Å². The van der Waals surface area contributed by atoms with Crippen LogP contribution in [-0.4, -0.2) is 33.7 Å². The molecule has 0 aliphatic rings. The molecule has 0 spiro atoms. The van der Waals surface area contributed by atoms with Gasteiger partial charge in [-0.25, -0.2) is 8.42 Å². The van der Waals surface area contributed by atoms with Gasteiger partial charge in [0.1, 0.15) is 6.54 Å². The summed E-state index contributed by atoms with van der Waals surface area (Å²) in [6.45, 7) is 4.08. The second-order valence-electron chi connectivity index (χ2n) is 6.32. The number of aryl methyl sites for hydroxylation is 1. The van der Waals surface area contributed by atoms with Crippen molar-refractivity contribution in [3.63, 3.8) is 0 Å². The summed E-state index contributed by atoms with van der Waals surface area (Å²) in [7, 11) is -3.58. The average molecular weight is 439 g/mol. The standard InChI is InChI=1S/C19H23BrN2O3S/c1-14-11-17(9-10-18(14)20)22(26(3,24)25)13-19(23)21-12-15(2)16-7-5-4-6-8-16/h4-11,15H,12-13H2,1-3H3,(H,21,23). The molecule has 1 atom stereocenters. The first-order chi connectivity index (χ1) is 12.2. The Labute approximate surface area is 163 Å². The van der Waals surface area contributed by atoms with E-state index in [2.05, 4.69) is 21.2 Å². The lowest BCUT2D eigenvalue weighted by Crippen LogP contribution is -2.41. The van der Waals surface area contributed by atoms with E-state index < -0.39 is 10.0 Å². The Kier molecular flexibility index (Phi) is 6.83. The fraction of sp³-hybridized carbons (Fsp3) is 0.316. The number of carbonyl (C=O) groups excluding carboxylic acids is 1. The smallest absolute Gasteiger partial charge is 0.240 e. The first-order valence-electron chi connectivity index (χ1n) is 8.24. The van der Waals surface area contributed by atoms with Gasteiger partial charge in [-0.1, -0.05) is 53.2 Å². The minimum atomic E-state index is -3.58. The maximum absolute atomic E-state index is 12.3. The van der Waals surface area contributed by atoms with Crippen molar-refractivity contribution in [3.05, 3.63) is 64.1 Å². The highest BCUT2D eigenvalue weighted by Gasteiger charge is 2.21. The number of anilines is 1. The molecule has 0 saturated carbocycles. The van der Waals surface area contributed by atoms with E-state index in [1.807, 2.05) is 44.2 Å². The van der Waals surface area contributed by atoms with Gasteiger partial charge in [0.15, 0.2) is 0 Å². The first-order valence-corrected chi connectivity index (χ1v) is 10.9. The monoisotopic (exact) mass is 438 g/mol. The van der Waals surface area contributed by atoms with Crippen LogP contribution < -0.4 is 9.62 Å². The molecule has 0 saturated heterocycles. The molecular weight excluding hydrogens is 416 g/mol. The molecule has 2 aromatic carbocycles. The molecule has 2 aromatic rings. The summed E-state index contributed by atoms with van der Waals surface area (Å²) in [6.07, 6.45) is 1.10. The summed E-state index contributed by atoms with van der Waals surface area (Å²) in [5, 5.41) is 2.82. The van der Waals surface area contributed by atoms with E-state index in [0.717, 1.165) is 26.2 Å². The minimum absolute atomic E-state index is 0.141. The zero-order valence-electron chi connectivity index (χ0n) is 15.1. The zero-order valence-corrected chi connectivity index (χ0v) is 17.5. The minimum Gasteiger partial charge on any atom is -0.354 e. The highest BCUT2D eigenvalue weighted by molar-refractivity contribution is 9.10. The Hall–Kier alpha value is -1.86. The highest BCUT2D eigenvalue weighted by Crippen LogP contribution is 2.24. The number of halogens is 1. The molecule has 7 heteroatoms. The van der Waals surface area contributed by atoms with E-state index in [1.54, 1.807) is 18.2 Å². The number of hydrogen-bond acceptors (Lipinski definition) is 3. The van der Waals surface area contributed by atoms with Gasteiger partial charge in [0.05, 0.1) is 11.9 Å². The van der Waals surface area contributed by atoms with Gasteiger partial charge in [-0.2, -0.15) is 0 Å². The van der Waals surface area contributed by atoms with Crippen LogP contribution in [0.5, 0.6) is 0 Å². The van der Waals surface area contributed by atoms with Crippen LogP contribution in [0.25, 0.3) is 0 Å². The molecule has 140 valence electrons. The molecule has 1 N–H and O–H groups in total. The summed E-state index contributed by atoms with van der Waals surface area (Å²) >= 11 is 3.40. The van der Waals surface area contributed by atoms with Crippen LogP contribution in [0.4, 0.5) is 5.69 Å². The van der Waals surface area contributed by atoms with Crippen LogP contribution >= 0.6 is 15.9 Å². The Morgan fingerprint density at radius 1 is 1.19 bits per heavy atom. The van der Waals surface area contributed by atoms with Crippen LogP contribution in [0.2, 0.25) is 0 Å². The molecular formula is C19H23BrN2O3S. The van der Waals surface area contributed by atoms with Gasteiger partial charge in [0.2, 0.25) is 15.9 Å². The molecule has 0 radical (unpaired) electrons. The van der Waals surface area contributed by atoms with E-state index in [-0.39, 0.29) is 18.4 Å². The molecule has 0 aliphatic heterocycles. The van der Waals surface area contributed by atoms with E-state index in [0.29, 0.717) is 12.2 Å². The molecule has 0 fully saturated rings. The van der Waals surface area contributed by atoms with E-state index in [1.165, 1.54) is 0 Å². The second kappa shape index (κ2) is 8.68. The largest absolute Gasteiger partial charge is 0.354 e. The Balaban J connectivity index is 2.06. The van der Waals surface area contributed by atoms with Crippen molar-refractivity contribution >= 4 is 37.5 Å². The topological polar surface area (TPSA) is 66.5 Å². The fourth-order valence-electron chi connectivity index (χ4n) is 2.54. The molecule has 2 rings (SSSR count). The number of carbonyl (C=O) groups is 1. The number of rotatable bonds is 7. The lowest BCUT2D eigenvalue weighted by molar-refractivity contribution is -0.119. The number of sulfonamides is 1. The van der Waals surface area contributed by atoms with Crippen LogP contribution in [0, 0.1) is 6.92 Å². The van der Waals surface area contributed by atoms with Crippen molar-refractivity contribution in [2.24, 2.45) is 0 Å². The van der Waals surface area contributed by atoms with Crippen molar-refractivity contribution in [1.29, 1.82) is 0 Å². The molecule has 5 nitrogen and oxygen atoms in total. The van der Waals surface area contributed by atoms with Crippen molar-refractivity contribution in [3.8, 4) is 0 Å². The Morgan fingerprint density at radius 2 is 1.85 bits per heavy atom. The van der Waals surface area contributed by atoms with E-state index >= 15 is 0 Å². The molecule has 0 bridgehead atoms. The van der Waals surface area contributed by atoms with Crippen LogP contribution in [0.1, 0.15) is 24.0 Å². The quantitative estimate of drug-likeness (QED) is 0.719. The Morgan fingerprint density at radius 3 is 2.42 bits per heavy atom. The van der Waals surface area contributed by atoms with Gasteiger partial charge >= 0.3 is 0 Å². The molecule has 0 aliphatic carbocycles. The number of amides is 1. The first kappa shape index (κ1) is 20.5. The molecule has 1 amide bonds. The van der Waals surface area contributed by atoms with Gasteiger partial charge < -0.3 is 5.32 Å². The van der Waals surface area contributed by atoms with Crippen LogP contribution in [-0.2, 0) is 14.8 Å². The third kappa shape index (κ3) is 5.57. The normalized spacial score (nSPS) is 12.5. The SMILES string of the molecule is Cc1cc(N(CC(=O)NCC(C)c2ccccc2)S(C)(=O)=O)ccc1Br. The van der Waals surface area contributed by atoms with E-state index in [9.17, 15) is 13.2 Å². The number of hydrogen-bond donors (Lipinski definition) is 1. The third-order valence-electron chi connectivity index (χ3n) is 4.09. The number of nitrogens with zero attached hydrogens (tertiary/aromatic N) is 1. The van der Waals surface area contributed by atoms with Crippen molar-refractivity contribution in [2.75, 3.05) is 23.7 Å². The maximum atomic E-state index is 12.3. The summed E-state index contributed by atoms with van der Waals surface area (Å²) in [6, 6.07) is 15.1. The van der Waals surface area contributed by atoms with Crippen molar-refractivity contribution in [1.82, 2.24) is 5.32 Å². The summed E-state index contributed by atoms with van der Waals surface area (Å²) in [4.78, 5) is 12.3. The number of nitrogens with one attached hydrogen (secondary N) is 1. The summed E-state index contributed by atoms with van der Waals surface area (Å²) in [5.74, 6) is -0.194. The predicted octanol–water partition coefficient (Wildman–Crippen LogP) is 3.44. The predicted molar refractivity (Wildman–Crippen MR) is 109 cm³/mol. The molecule has 0 heterocycles. The van der Waals surface area contributed by atoms with Gasteiger partial charge in [-0.05, 0) is 42.2 Å². The summed E-state index contributed by atoms with van der Waals surface area (Å²) in [5.41, 5.74) is 2.49. The van der Waals surface area contributed by atoms with Crippen molar-refractivity contribution in [2.45, 2.75) is 19.8 Å². The lowest BCUT2D eigenvalue weighted by atomic mass is 10.0. The van der Waals surface area contributed by atoms with Crippen molar-refractivity contribution < 1.29 is 13.2 Å².